The van der Waals surface area contributed by atoms with Gasteiger partial charge in [0.05, 0.1) is 12.8 Å². The lowest BCUT2D eigenvalue weighted by Gasteiger charge is -2.23. The lowest BCUT2D eigenvalue weighted by molar-refractivity contribution is -0.0409. The van der Waals surface area contributed by atoms with Crippen molar-refractivity contribution in [1.29, 1.82) is 0 Å². The van der Waals surface area contributed by atoms with Crippen LogP contribution >= 0.6 is 0 Å². The van der Waals surface area contributed by atoms with E-state index in [9.17, 15) is 4.79 Å². The van der Waals surface area contributed by atoms with Crippen LogP contribution in [-0.4, -0.2) is 34.6 Å². The monoisotopic (exact) mass is 240 g/mol. The molecule has 0 spiro atoms. The summed E-state index contributed by atoms with van der Waals surface area (Å²) in [5.74, 6) is -0.772. The second kappa shape index (κ2) is 4.75. The molecule has 2 heterocycles. The van der Waals surface area contributed by atoms with Crippen LogP contribution in [-0.2, 0) is 4.74 Å². The summed E-state index contributed by atoms with van der Waals surface area (Å²) < 4.78 is 12.3. The highest BCUT2D eigenvalue weighted by Gasteiger charge is 2.26. The van der Waals surface area contributed by atoms with Crippen LogP contribution in [0.3, 0.4) is 0 Å². The molecule has 1 fully saturated rings. The Morgan fingerprint density at radius 2 is 2.35 bits per heavy atom. The quantitative estimate of drug-likeness (QED) is 0.868. The maximum atomic E-state index is 11.0. The van der Waals surface area contributed by atoms with Crippen molar-refractivity contribution in [2.24, 2.45) is 0 Å². The molecule has 6 heteroatoms. The summed E-state index contributed by atoms with van der Waals surface area (Å²) in [4.78, 5) is 11.0. The molecule has 1 saturated heterocycles. The second-order valence-electron chi connectivity index (χ2n) is 4.04. The summed E-state index contributed by atoms with van der Waals surface area (Å²) in [6.07, 6.45) is 2.78. The van der Waals surface area contributed by atoms with Gasteiger partial charge >= 0.3 is 5.97 Å². The van der Waals surface area contributed by atoms with Gasteiger partial charge in [0, 0.05) is 6.61 Å². The molecule has 2 rings (SSSR count). The second-order valence-corrected chi connectivity index (χ2v) is 4.04. The van der Waals surface area contributed by atoms with Crippen molar-refractivity contribution in [3.8, 4) is 5.75 Å². The molecule has 0 saturated carbocycles. The molecule has 0 radical (unpaired) electrons. The van der Waals surface area contributed by atoms with Gasteiger partial charge in [-0.2, -0.15) is 5.10 Å². The molecule has 0 amide bonds. The lowest BCUT2D eigenvalue weighted by atomic mass is 10.2. The molecule has 94 valence electrons. The van der Waals surface area contributed by atoms with E-state index in [1.165, 1.54) is 7.11 Å². The number of ether oxygens (including phenoxy) is 2. The summed E-state index contributed by atoms with van der Waals surface area (Å²) in [5.41, 5.74) is 0.635. The van der Waals surface area contributed by atoms with Gasteiger partial charge in [-0.1, -0.05) is 0 Å². The molecule has 1 unspecified atom stereocenters. The molecule has 0 bridgehead atoms. The summed E-state index contributed by atoms with van der Waals surface area (Å²) in [6, 6.07) is 0. The van der Waals surface area contributed by atoms with Gasteiger partial charge in [-0.05, 0) is 26.2 Å². The van der Waals surface area contributed by atoms with Crippen LogP contribution in [0.5, 0.6) is 5.75 Å². The van der Waals surface area contributed by atoms with Crippen LogP contribution in [0.25, 0.3) is 0 Å². The number of aromatic carboxylic acids is 1. The molecule has 1 aromatic heterocycles. The van der Waals surface area contributed by atoms with E-state index in [1.54, 1.807) is 11.6 Å². The van der Waals surface area contributed by atoms with Crippen molar-refractivity contribution in [3.63, 3.8) is 0 Å². The number of rotatable bonds is 3. The van der Waals surface area contributed by atoms with Gasteiger partial charge in [-0.25, -0.2) is 9.48 Å². The number of methoxy groups -OCH3 is 1. The van der Waals surface area contributed by atoms with Gasteiger partial charge < -0.3 is 14.6 Å². The molecule has 1 aliphatic heterocycles. The molecular formula is C11H16N2O4. The SMILES string of the molecule is COc1c(C(=O)O)nn(C2CCCCO2)c1C. The van der Waals surface area contributed by atoms with E-state index in [0.717, 1.165) is 19.3 Å². The average Bonchev–Trinajstić information content (AvgIpc) is 2.67. The van der Waals surface area contributed by atoms with Gasteiger partial charge in [0.2, 0.25) is 5.69 Å². The Morgan fingerprint density at radius 3 is 2.82 bits per heavy atom. The molecule has 1 N–H and O–H groups in total. The Morgan fingerprint density at radius 1 is 1.59 bits per heavy atom. The number of carboxylic acid groups (broad SMARTS) is 1. The van der Waals surface area contributed by atoms with Gasteiger partial charge in [0.25, 0.3) is 0 Å². The summed E-state index contributed by atoms with van der Waals surface area (Å²) in [5, 5.41) is 13.1. The zero-order chi connectivity index (χ0) is 12.4. The number of nitrogens with zero attached hydrogens (tertiary/aromatic N) is 2. The van der Waals surface area contributed by atoms with Crippen molar-refractivity contribution >= 4 is 5.97 Å². The van der Waals surface area contributed by atoms with Crippen molar-refractivity contribution in [2.45, 2.75) is 32.4 Å². The zero-order valence-electron chi connectivity index (χ0n) is 9.97. The maximum absolute atomic E-state index is 11.0. The average molecular weight is 240 g/mol. The Bertz CT molecular complexity index is 421. The number of carboxylic acids is 1. The molecule has 17 heavy (non-hydrogen) atoms. The molecule has 1 aromatic rings. The van der Waals surface area contributed by atoms with Crippen LogP contribution in [0, 0.1) is 6.92 Å². The fraction of sp³-hybridized carbons (Fsp3) is 0.636. The van der Waals surface area contributed by atoms with Crippen molar-refractivity contribution in [1.82, 2.24) is 9.78 Å². The highest BCUT2D eigenvalue weighted by Crippen LogP contribution is 2.29. The summed E-state index contributed by atoms with van der Waals surface area (Å²) in [7, 11) is 1.45. The van der Waals surface area contributed by atoms with Gasteiger partial charge in [0.1, 0.15) is 0 Å². The summed E-state index contributed by atoms with van der Waals surface area (Å²) >= 11 is 0. The van der Waals surface area contributed by atoms with E-state index in [0.29, 0.717) is 18.1 Å². The van der Waals surface area contributed by atoms with E-state index >= 15 is 0 Å². The van der Waals surface area contributed by atoms with Gasteiger partial charge in [-0.3, -0.25) is 0 Å². The van der Waals surface area contributed by atoms with Crippen LogP contribution in [0.4, 0.5) is 0 Å². The molecule has 6 nitrogen and oxygen atoms in total. The Labute approximate surface area is 99.1 Å². The minimum atomic E-state index is -1.08. The number of carbonyl (C=O) groups is 1. The number of hydrogen-bond donors (Lipinski definition) is 1. The van der Waals surface area contributed by atoms with E-state index in [4.69, 9.17) is 14.6 Å². The topological polar surface area (TPSA) is 73.6 Å². The minimum Gasteiger partial charge on any atom is -0.492 e. The van der Waals surface area contributed by atoms with Gasteiger partial charge in [0.15, 0.2) is 12.0 Å². The number of hydrogen-bond acceptors (Lipinski definition) is 4. The molecule has 0 aliphatic carbocycles. The van der Waals surface area contributed by atoms with E-state index in [2.05, 4.69) is 5.10 Å². The lowest BCUT2D eigenvalue weighted by Crippen LogP contribution is -2.20. The third-order valence-electron chi connectivity index (χ3n) is 2.93. The maximum Gasteiger partial charge on any atom is 0.360 e. The van der Waals surface area contributed by atoms with E-state index in [1.807, 2.05) is 0 Å². The van der Waals surface area contributed by atoms with Crippen LogP contribution in [0.2, 0.25) is 0 Å². The smallest absolute Gasteiger partial charge is 0.360 e. The predicted molar refractivity (Wildman–Crippen MR) is 59.3 cm³/mol. The first-order chi connectivity index (χ1) is 8.15. The standard InChI is InChI=1S/C11H16N2O4/c1-7-10(16-2)9(11(14)15)12-13(7)8-5-3-4-6-17-8/h8H,3-6H2,1-2H3,(H,14,15). The molecule has 0 aromatic carbocycles. The molecule has 1 aliphatic rings. The Balaban J connectivity index is 2.37. The third kappa shape index (κ3) is 2.12. The first-order valence-electron chi connectivity index (χ1n) is 5.63. The molecule has 1 atom stereocenters. The summed E-state index contributed by atoms with van der Waals surface area (Å²) in [6.45, 7) is 2.48. The Kier molecular flexibility index (Phi) is 3.33. The first-order valence-corrected chi connectivity index (χ1v) is 5.63. The van der Waals surface area contributed by atoms with E-state index in [-0.39, 0.29) is 11.9 Å². The largest absolute Gasteiger partial charge is 0.492 e. The highest BCUT2D eigenvalue weighted by atomic mass is 16.5. The van der Waals surface area contributed by atoms with Crippen molar-refractivity contribution in [2.75, 3.05) is 13.7 Å². The van der Waals surface area contributed by atoms with Gasteiger partial charge in [-0.15, -0.1) is 0 Å². The van der Waals surface area contributed by atoms with Crippen molar-refractivity contribution < 1.29 is 19.4 Å². The fourth-order valence-electron chi connectivity index (χ4n) is 2.08. The number of aromatic nitrogens is 2. The fourth-order valence-corrected chi connectivity index (χ4v) is 2.08. The van der Waals surface area contributed by atoms with Crippen LogP contribution in [0.15, 0.2) is 0 Å². The minimum absolute atomic E-state index is 0.0563. The van der Waals surface area contributed by atoms with E-state index < -0.39 is 5.97 Å². The Hall–Kier alpha value is -1.56. The van der Waals surface area contributed by atoms with Crippen LogP contribution in [0.1, 0.15) is 41.7 Å². The van der Waals surface area contributed by atoms with Crippen molar-refractivity contribution in [3.05, 3.63) is 11.4 Å². The molecular weight excluding hydrogens is 224 g/mol. The first kappa shape index (κ1) is 11.9. The third-order valence-corrected chi connectivity index (χ3v) is 2.93. The zero-order valence-corrected chi connectivity index (χ0v) is 9.97. The highest BCUT2D eigenvalue weighted by molar-refractivity contribution is 5.89. The predicted octanol–water partition coefficient (Wildman–Crippen LogP) is 1.60. The normalized spacial score (nSPS) is 20.2. The van der Waals surface area contributed by atoms with Crippen LogP contribution < -0.4 is 4.74 Å².